The van der Waals surface area contributed by atoms with Gasteiger partial charge in [-0.15, -0.1) is 0 Å². The van der Waals surface area contributed by atoms with E-state index in [-0.39, 0.29) is 4.90 Å². The molecule has 106 valence electrons. The Morgan fingerprint density at radius 1 is 1.15 bits per heavy atom. The Labute approximate surface area is 127 Å². The molecule has 0 atom stereocenters. The van der Waals surface area contributed by atoms with E-state index in [0.717, 1.165) is 11.1 Å². The van der Waals surface area contributed by atoms with E-state index in [1.165, 1.54) is 12.1 Å². The number of hydrogen-bond donors (Lipinski definition) is 2. The summed E-state index contributed by atoms with van der Waals surface area (Å²) in [6.07, 6.45) is 0. The number of benzene rings is 2. The van der Waals surface area contributed by atoms with Crippen LogP contribution >= 0.6 is 15.9 Å². The molecule has 0 saturated carbocycles. The van der Waals surface area contributed by atoms with Crippen LogP contribution in [0.15, 0.2) is 45.8 Å². The summed E-state index contributed by atoms with van der Waals surface area (Å²) >= 11 is 3.39. The smallest absolute Gasteiger partial charge is 0.262 e. The molecule has 0 aliphatic heterocycles. The van der Waals surface area contributed by atoms with Crippen LogP contribution < -0.4 is 10.5 Å². The van der Waals surface area contributed by atoms with Gasteiger partial charge in [0, 0.05) is 10.2 Å². The van der Waals surface area contributed by atoms with E-state index in [2.05, 4.69) is 20.7 Å². The zero-order chi connectivity index (χ0) is 14.9. The molecule has 0 spiro atoms. The number of nitrogens with two attached hydrogens (primary N) is 1. The fourth-order valence-electron chi connectivity index (χ4n) is 1.92. The van der Waals surface area contributed by atoms with Gasteiger partial charge in [-0.05, 0) is 65.2 Å². The number of nitrogens with one attached hydrogen (secondary N) is 1. The van der Waals surface area contributed by atoms with Crippen LogP contribution in [0.3, 0.4) is 0 Å². The van der Waals surface area contributed by atoms with Gasteiger partial charge in [0.2, 0.25) is 0 Å². The molecule has 0 saturated heterocycles. The third-order valence-corrected chi connectivity index (χ3v) is 4.81. The minimum Gasteiger partial charge on any atom is -0.399 e. The zero-order valence-corrected chi connectivity index (χ0v) is 13.5. The third-order valence-electron chi connectivity index (χ3n) is 2.84. The summed E-state index contributed by atoms with van der Waals surface area (Å²) < 4.78 is 28.0. The van der Waals surface area contributed by atoms with Crippen molar-refractivity contribution in [2.75, 3.05) is 10.5 Å². The van der Waals surface area contributed by atoms with Crippen molar-refractivity contribution in [2.45, 2.75) is 18.7 Å². The second-order valence-corrected chi connectivity index (χ2v) is 7.15. The SMILES string of the molecule is Cc1cc(C)c(NS(=O)(=O)c2cccc(N)c2)c(Br)c1. The molecule has 0 fully saturated rings. The largest absolute Gasteiger partial charge is 0.399 e. The lowest BCUT2D eigenvalue weighted by Gasteiger charge is -2.13. The van der Waals surface area contributed by atoms with Crippen molar-refractivity contribution in [3.8, 4) is 0 Å². The first-order valence-corrected chi connectivity index (χ1v) is 8.22. The van der Waals surface area contributed by atoms with E-state index in [4.69, 9.17) is 5.73 Å². The Bertz CT molecular complexity index is 735. The van der Waals surface area contributed by atoms with Crippen molar-refractivity contribution in [3.63, 3.8) is 0 Å². The first-order valence-electron chi connectivity index (χ1n) is 5.95. The highest BCUT2D eigenvalue weighted by Crippen LogP contribution is 2.30. The second-order valence-electron chi connectivity index (χ2n) is 4.62. The standard InChI is InChI=1S/C14H15BrN2O2S/c1-9-6-10(2)14(13(15)7-9)17-20(18,19)12-5-3-4-11(16)8-12/h3-8,17H,16H2,1-2H3. The van der Waals surface area contributed by atoms with E-state index in [1.807, 2.05) is 26.0 Å². The summed E-state index contributed by atoms with van der Waals surface area (Å²) in [6, 6.07) is 9.98. The molecule has 3 N–H and O–H groups in total. The van der Waals surface area contributed by atoms with Crippen LogP contribution in [-0.2, 0) is 10.0 Å². The average molecular weight is 355 g/mol. The highest BCUT2D eigenvalue weighted by molar-refractivity contribution is 9.10. The number of sulfonamides is 1. The van der Waals surface area contributed by atoms with Crippen molar-refractivity contribution in [1.29, 1.82) is 0 Å². The molecule has 0 heterocycles. The lowest BCUT2D eigenvalue weighted by molar-refractivity contribution is 0.601. The van der Waals surface area contributed by atoms with E-state index >= 15 is 0 Å². The topological polar surface area (TPSA) is 72.2 Å². The highest BCUT2D eigenvalue weighted by Gasteiger charge is 2.17. The van der Waals surface area contributed by atoms with E-state index in [0.29, 0.717) is 15.8 Å². The summed E-state index contributed by atoms with van der Waals surface area (Å²) in [5.74, 6) is 0. The molecule has 4 nitrogen and oxygen atoms in total. The molecule has 2 aromatic carbocycles. The third kappa shape index (κ3) is 3.13. The van der Waals surface area contributed by atoms with Gasteiger partial charge in [0.15, 0.2) is 0 Å². The first kappa shape index (κ1) is 14.9. The molecule has 2 rings (SSSR count). The number of nitrogen functional groups attached to an aromatic ring is 1. The van der Waals surface area contributed by atoms with Crippen LogP contribution in [0.2, 0.25) is 0 Å². The van der Waals surface area contributed by atoms with Crippen molar-refractivity contribution in [3.05, 3.63) is 52.0 Å². The number of aryl methyl sites for hydroxylation is 2. The van der Waals surface area contributed by atoms with Gasteiger partial charge >= 0.3 is 0 Å². The lowest BCUT2D eigenvalue weighted by Crippen LogP contribution is -2.14. The second kappa shape index (κ2) is 5.46. The number of hydrogen-bond acceptors (Lipinski definition) is 3. The van der Waals surface area contributed by atoms with E-state index in [1.54, 1.807) is 12.1 Å². The van der Waals surface area contributed by atoms with Gasteiger partial charge in [0.05, 0.1) is 10.6 Å². The molecule has 0 aliphatic carbocycles. The molecular weight excluding hydrogens is 340 g/mol. The Hall–Kier alpha value is -1.53. The summed E-state index contributed by atoms with van der Waals surface area (Å²) in [5.41, 5.74) is 8.48. The maximum atomic E-state index is 12.4. The van der Waals surface area contributed by atoms with Crippen LogP contribution in [0, 0.1) is 13.8 Å². The lowest BCUT2D eigenvalue weighted by atomic mass is 10.1. The van der Waals surface area contributed by atoms with Crippen molar-refractivity contribution in [2.24, 2.45) is 0 Å². The van der Waals surface area contributed by atoms with E-state index in [9.17, 15) is 8.42 Å². The van der Waals surface area contributed by atoms with Gasteiger partial charge in [0.25, 0.3) is 10.0 Å². The van der Waals surface area contributed by atoms with Gasteiger partial charge in [-0.1, -0.05) is 12.1 Å². The van der Waals surface area contributed by atoms with Gasteiger partial charge in [-0.3, -0.25) is 4.72 Å². The Balaban J connectivity index is 2.44. The fourth-order valence-corrected chi connectivity index (χ4v) is 4.03. The quantitative estimate of drug-likeness (QED) is 0.829. The molecule has 0 amide bonds. The highest BCUT2D eigenvalue weighted by atomic mass is 79.9. The Morgan fingerprint density at radius 3 is 2.45 bits per heavy atom. The maximum absolute atomic E-state index is 12.4. The van der Waals surface area contributed by atoms with Gasteiger partial charge in [-0.25, -0.2) is 8.42 Å². The molecule has 0 unspecified atom stereocenters. The molecule has 0 bridgehead atoms. The minimum absolute atomic E-state index is 0.143. The van der Waals surface area contributed by atoms with Gasteiger partial charge < -0.3 is 5.73 Å². The van der Waals surface area contributed by atoms with Crippen molar-refractivity contribution < 1.29 is 8.42 Å². The maximum Gasteiger partial charge on any atom is 0.262 e. The van der Waals surface area contributed by atoms with Crippen LogP contribution in [0.1, 0.15) is 11.1 Å². The number of rotatable bonds is 3. The number of anilines is 2. The number of halogens is 1. The molecule has 0 aromatic heterocycles. The summed E-state index contributed by atoms with van der Waals surface area (Å²) in [4.78, 5) is 0.143. The van der Waals surface area contributed by atoms with Gasteiger partial charge in [0.1, 0.15) is 0 Å². The zero-order valence-electron chi connectivity index (χ0n) is 11.1. The fraction of sp³-hybridized carbons (Fsp3) is 0.143. The molecule has 6 heteroatoms. The molecular formula is C14H15BrN2O2S. The summed E-state index contributed by atoms with van der Waals surface area (Å²) in [6.45, 7) is 3.81. The van der Waals surface area contributed by atoms with E-state index < -0.39 is 10.0 Å². The monoisotopic (exact) mass is 354 g/mol. The summed E-state index contributed by atoms with van der Waals surface area (Å²) in [5, 5.41) is 0. The molecule has 20 heavy (non-hydrogen) atoms. The normalized spacial score (nSPS) is 11.3. The van der Waals surface area contributed by atoms with Crippen molar-refractivity contribution in [1.82, 2.24) is 0 Å². The van der Waals surface area contributed by atoms with Crippen LogP contribution in [-0.4, -0.2) is 8.42 Å². The Kier molecular flexibility index (Phi) is 4.06. The van der Waals surface area contributed by atoms with Gasteiger partial charge in [-0.2, -0.15) is 0 Å². The molecule has 0 aliphatic rings. The van der Waals surface area contributed by atoms with Crippen LogP contribution in [0.4, 0.5) is 11.4 Å². The first-order chi connectivity index (χ1) is 9.29. The van der Waals surface area contributed by atoms with Crippen LogP contribution in [0.5, 0.6) is 0 Å². The molecule has 0 radical (unpaired) electrons. The summed E-state index contributed by atoms with van der Waals surface area (Å²) in [7, 11) is -3.65. The molecule has 2 aromatic rings. The minimum atomic E-state index is -3.65. The average Bonchev–Trinajstić information content (AvgIpc) is 2.34. The van der Waals surface area contributed by atoms with Crippen molar-refractivity contribution >= 4 is 37.3 Å². The predicted octanol–water partition coefficient (Wildman–Crippen LogP) is 3.45. The Morgan fingerprint density at radius 2 is 1.85 bits per heavy atom. The van der Waals surface area contributed by atoms with Crippen LogP contribution in [0.25, 0.3) is 0 Å². The predicted molar refractivity (Wildman–Crippen MR) is 85.3 cm³/mol.